The highest BCUT2D eigenvalue weighted by Gasteiger charge is 2.16. The van der Waals surface area contributed by atoms with E-state index >= 15 is 0 Å². The van der Waals surface area contributed by atoms with Crippen LogP contribution in [0, 0.1) is 3.95 Å². The average Bonchev–Trinajstić information content (AvgIpc) is 2.88. The van der Waals surface area contributed by atoms with Crippen molar-refractivity contribution in [3.8, 4) is 5.88 Å². The molecular weight excluding hydrogens is 404 g/mol. The number of aromatic hydroxyl groups is 1. The highest BCUT2D eigenvalue weighted by molar-refractivity contribution is 9.10. The summed E-state index contributed by atoms with van der Waals surface area (Å²) in [4.78, 5) is 5.09. The molecule has 1 aromatic heterocycles. The first-order valence-corrected chi connectivity index (χ1v) is 9.37. The minimum absolute atomic E-state index is 0.0411. The van der Waals surface area contributed by atoms with Gasteiger partial charge in [-0.15, -0.1) is 0 Å². The number of para-hydroxylation sites is 1. The molecule has 0 aliphatic carbocycles. The zero-order valence-corrected chi connectivity index (χ0v) is 16.1. The van der Waals surface area contributed by atoms with Gasteiger partial charge in [0.25, 0.3) is 0 Å². The van der Waals surface area contributed by atoms with Gasteiger partial charge in [0.2, 0.25) is 5.88 Å². The van der Waals surface area contributed by atoms with Crippen LogP contribution in [0.1, 0.15) is 23.4 Å². The van der Waals surface area contributed by atoms with Crippen molar-refractivity contribution in [1.82, 2.24) is 4.57 Å². The Balaban J connectivity index is 1.96. The lowest BCUT2D eigenvalue weighted by Crippen LogP contribution is -2.06. The minimum atomic E-state index is -0.0411. The zero-order valence-electron chi connectivity index (χ0n) is 12.9. The molecule has 0 aliphatic heterocycles. The van der Waals surface area contributed by atoms with Gasteiger partial charge >= 0.3 is 0 Å². The number of rotatable bonds is 4. The summed E-state index contributed by atoms with van der Waals surface area (Å²) >= 11 is 10.3. The predicted octanol–water partition coefficient (Wildman–Crippen LogP) is 6.11. The molecule has 24 heavy (non-hydrogen) atoms. The minimum Gasteiger partial charge on any atom is -0.493 e. The fourth-order valence-electron chi connectivity index (χ4n) is 2.38. The molecule has 3 aromatic rings. The molecule has 6 heteroatoms. The third-order valence-electron chi connectivity index (χ3n) is 3.69. The molecule has 1 atom stereocenters. The first kappa shape index (κ1) is 17.1. The zero-order chi connectivity index (χ0) is 17.1. The van der Waals surface area contributed by atoms with Crippen LogP contribution in [-0.4, -0.2) is 15.9 Å². The molecule has 1 heterocycles. The fraction of sp³-hybridized carbons (Fsp3) is 0.111. The van der Waals surface area contributed by atoms with E-state index in [2.05, 4.69) is 20.9 Å². The summed E-state index contributed by atoms with van der Waals surface area (Å²) in [6.45, 7) is 2.02. The summed E-state index contributed by atoms with van der Waals surface area (Å²) < 4.78 is 3.29. The highest BCUT2D eigenvalue weighted by atomic mass is 79.9. The number of hydrogen-bond donors (Lipinski definition) is 1. The van der Waals surface area contributed by atoms with Gasteiger partial charge in [0.1, 0.15) is 4.88 Å². The Labute approximate surface area is 158 Å². The van der Waals surface area contributed by atoms with Crippen molar-refractivity contribution in [3.05, 3.63) is 73.5 Å². The third kappa shape index (κ3) is 3.50. The number of aliphatic imine (C=N–C) groups is 1. The van der Waals surface area contributed by atoms with E-state index in [-0.39, 0.29) is 11.9 Å². The Morgan fingerprint density at radius 3 is 2.54 bits per heavy atom. The van der Waals surface area contributed by atoms with Gasteiger partial charge in [-0.25, -0.2) is 0 Å². The second-order valence-corrected chi connectivity index (χ2v) is 7.75. The first-order valence-electron chi connectivity index (χ1n) is 7.35. The molecule has 0 fully saturated rings. The lowest BCUT2D eigenvalue weighted by atomic mass is 10.1. The molecule has 122 valence electrons. The summed E-state index contributed by atoms with van der Waals surface area (Å²) in [6, 6.07) is 17.6. The molecule has 3 nitrogen and oxygen atoms in total. The lowest BCUT2D eigenvalue weighted by Gasteiger charge is -2.14. The molecule has 0 saturated carbocycles. The van der Waals surface area contributed by atoms with E-state index in [4.69, 9.17) is 12.2 Å². The van der Waals surface area contributed by atoms with Crippen LogP contribution < -0.4 is 0 Å². The second kappa shape index (κ2) is 7.42. The molecule has 0 spiro atoms. The number of hydrogen-bond acceptors (Lipinski definition) is 4. The van der Waals surface area contributed by atoms with E-state index in [0.29, 0.717) is 8.83 Å². The van der Waals surface area contributed by atoms with Gasteiger partial charge in [-0.1, -0.05) is 53.8 Å². The molecule has 0 saturated heterocycles. The second-order valence-electron chi connectivity index (χ2n) is 5.22. The summed E-state index contributed by atoms with van der Waals surface area (Å²) in [5.41, 5.74) is 1.90. The Kier molecular flexibility index (Phi) is 5.28. The van der Waals surface area contributed by atoms with Crippen LogP contribution in [0.2, 0.25) is 0 Å². The summed E-state index contributed by atoms with van der Waals surface area (Å²) in [5.74, 6) is 0.150. The number of nitrogens with zero attached hydrogens (tertiary/aromatic N) is 2. The van der Waals surface area contributed by atoms with Crippen LogP contribution in [0.15, 0.2) is 64.1 Å². The molecule has 1 N–H and O–H groups in total. The Bertz CT molecular complexity index is 932. The van der Waals surface area contributed by atoms with E-state index in [1.54, 1.807) is 10.8 Å². The van der Waals surface area contributed by atoms with Crippen molar-refractivity contribution in [3.63, 3.8) is 0 Å². The molecule has 0 aliphatic rings. The topological polar surface area (TPSA) is 37.5 Å². The Morgan fingerprint density at radius 1 is 1.17 bits per heavy atom. The molecule has 0 unspecified atom stereocenters. The van der Waals surface area contributed by atoms with E-state index < -0.39 is 0 Å². The SMILES string of the molecule is C[C@H](c1ccccc1)n1c(O)c(C=Nc2ccccc2Br)sc1=S. The van der Waals surface area contributed by atoms with E-state index in [9.17, 15) is 5.11 Å². The average molecular weight is 419 g/mol. The molecule has 3 rings (SSSR count). The molecule has 0 bridgehead atoms. The van der Waals surface area contributed by atoms with Gasteiger partial charge in [-0.3, -0.25) is 9.56 Å². The van der Waals surface area contributed by atoms with Crippen molar-refractivity contribution in [2.75, 3.05) is 0 Å². The van der Waals surface area contributed by atoms with Crippen molar-refractivity contribution < 1.29 is 5.11 Å². The van der Waals surface area contributed by atoms with Crippen molar-refractivity contribution in [1.29, 1.82) is 0 Å². The van der Waals surface area contributed by atoms with Gasteiger partial charge in [0.05, 0.1) is 17.9 Å². The van der Waals surface area contributed by atoms with Crippen LogP contribution >= 0.6 is 39.5 Å². The van der Waals surface area contributed by atoms with Crippen molar-refractivity contribution >= 4 is 51.4 Å². The lowest BCUT2D eigenvalue weighted by molar-refractivity contribution is 0.405. The maximum atomic E-state index is 10.6. The maximum Gasteiger partial charge on any atom is 0.212 e. The van der Waals surface area contributed by atoms with E-state index in [1.807, 2.05) is 61.5 Å². The van der Waals surface area contributed by atoms with Crippen LogP contribution in [-0.2, 0) is 0 Å². The molecule has 0 radical (unpaired) electrons. The van der Waals surface area contributed by atoms with Gasteiger partial charge < -0.3 is 5.11 Å². The van der Waals surface area contributed by atoms with E-state index in [0.717, 1.165) is 15.7 Å². The van der Waals surface area contributed by atoms with Crippen LogP contribution in [0.3, 0.4) is 0 Å². The van der Waals surface area contributed by atoms with Crippen LogP contribution in [0.4, 0.5) is 5.69 Å². The van der Waals surface area contributed by atoms with Gasteiger partial charge in [0, 0.05) is 4.47 Å². The van der Waals surface area contributed by atoms with Gasteiger partial charge in [0.15, 0.2) is 3.95 Å². The molecular formula is C18H15BrN2OS2. The molecule has 2 aromatic carbocycles. The number of thiazole rings is 1. The Morgan fingerprint density at radius 2 is 1.83 bits per heavy atom. The van der Waals surface area contributed by atoms with E-state index in [1.165, 1.54) is 11.3 Å². The Hall–Kier alpha value is -1.76. The normalized spacial score (nSPS) is 12.6. The van der Waals surface area contributed by atoms with Crippen molar-refractivity contribution in [2.45, 2.75) is 13.0 Å². The predicted molar refractivity (Wildman–Crippen MR) is 106 cm³/mol. The van der Waals surface area contributed by atoms with Crippen LogP contribution in [0.25, 0.3) is 0 Å². The summed E-state index contributed by atoms with van der Waals surface area (Å²) in [7, 11) is 0. The number of benzene rings is 2. The fourth-order valence-corrected chi connectivity index (χ4v) is 4.11. The van der Waals surface area contributed by atoms with Crippen molar-refractivity contribution in [2.24, 2.45) is 4.99 Å². The van der Waals surface area contributed by atoms with Crippen LogP contribution in [0.5, 0.6) is 5.88 Å². The monoisotopic (exact) mass is 418 g/mol. The smallest absolute Gasteiger partial charge is 0.212 e. The number of halogens is 1. The highest BCUT2D eigenvalue weighted by Crippen LogP contribution is 2.32. The third-order valence-corrected chi connectivity index (χ3v) is 5.68. The van der Waals surface area contributed by atoms with Gasteiger partial charge in [-0.05, 0) is 52.8 Å². The summed E-state index contributed by atoms with van der Waals surface area (Å²) in [5, 5.41) is 10.6. The molecule has 0 amide bonds. The standard InChI is InChI=1S/C18H15BrN2OS2/c1-12(13-7-3-2-4-8-13)21-17(22)16(24-18(21)23)11-20-15-10-6-5-9-14(15)19/h2-12,22H,1H3/t12-/m1/s1. The van der Waals surface area contributed by atoms with Gasteiger partial charge in [-0.2, -0.15) is 0 Å². The summed E-state index contributed by atoms with van der Waals surface area (Å²) in [6.07, 6.45) is 1.66. The first-order chi connectivity index (χ1) is 11.6. The largest absolute Gasteiger partial charge is 0.493 e. The number of aromatic nitrogens is 1. The maximum absolute atomic E-state index is 10.6. The quantitative estimate of drug-likeness (QED) is 0.409.